The molecule has 3 rings (SSSR count). The van der Waals surface area contributed by atoms with Crippen LogP contribution in [-0.4, -0.2) is 13.2 Å². The van der Waals surface area contributed by atoms with Crippen molar-refractivity contribution in [1.82, 2.24) is 0 Å². The Bertz CT molecular complexity index is 518. The summed E-state index contributed by atoms with van der Waals surface area (Å²) in [4.78, 5) is -0.342. The van der Waals surface area contributed by atoms with Crippen LogP contribution in [0.15, 0.2) is 54.6 Å². The van der Waals surface area contributed by atoms with E-state index >= 15 is 0 Å². The first-order valence-corrected chi connectivity index (χ1v) is 6.24. The van der Waals surface area contributed by atoms with E-state index in [1.165, 1.54) is 0 Å². The Morgan fingerprint density at radius 2 is 1.50 bits per heavy atom. The van der Waals surface area contributed by atoms with Gasteiger partial charge in [-0.2, -0.15) is 0 Å². The van der Waals surface area contributed by atoms with Gasteiger partial charge in [0, 0.05) is 0 Å². The van der Waals surface area contributed by atoms with Crippen LogP contribution < -0.4 is 4.74 Å². The van der Waals surface area contributed by atoms with Crippen molar-refractivity contribution in [1.29, 1.82) is 0 Å². The second-order valence-electron chi connectivity index (χ2n) is 4.40. The molecule has 0 unspecified atom stereocenters. The Kier molecular flexibility index (Phi) is 2.98. The van der Waals surface area contributed by atoms with Crippen LogP contribution in [0.3, 0.4) is 0 Å². The Labute approximate surface area is 111 Å². The molecule has 0 aliphatic carbocycles. The summed E-state index contributed by atoms with van der Waals surface area (Å²) in [6.07, 6.45) is 0. The number of hydrogen-bond acceptors (Lipinski definition) is 2. The van der Waals surface area contributed by atoms with Gasteiger partial charge in [0.05, 0.1) is 13.2 Å². The molecule has 0 saturated carbocycles. The zero-order chi connectivity index (χ0) is 12.4. The number of para-hydroxylation sites is 1. The van der Waals surface area contributed by atoms with Crippen LogP contribution in [-0.2, 0) is 9.61 Å². The minimum atomic E-state index is -0.342. The largest absolute Gasteiger partial charge is 0.457 e. The molecule has 3 heteroatoms. The molecule has 0 amide bonds. The third kappa shape index (κ3) is 2.22. The van der Waals surface area contributed by atoms with E-state index in [4.69, 9.17) is 21.1 Å². The highest BCUT2D eigenvalue weighted by atomic mass is 35.5. The van der Waals surface area contributed by atoms with E-state index in [2.05, 4.69) is 0 Å². The average molecular weight is 261 g/mol. The van der Waals surface area contributed by atoms with E-state index in [0.717, 1.165) is 17.1 Å². The number of benzene rings is 2. The molecule has 2 nitrogen and oxygen atoms in total. The summed E-state index contributed by atoms with van der Waals surface area (Å²) < 4.78 is 10.9. The lowest BCUT2D eigenvalue weighted by molar-refractivity contribution is -0.0152. The molecule has 0 aromatic heterocycles. The van der Waals surface area contributed by atoms with Gasteiger partial charge >= 0.3 is 0 Å². The van der Waals surface area contributed by atoms with Crippen molar-refractivity contribution in [2.45, 2.75) is 4.87 Å². The van der Waals surface area contributed by atoms with E-state index in [0.29, 0.717) is 13.2 Å². The quantitative estimate of drug-likeness (QED) is 0.778. The van der Waals surface area contributed by atoms with Crippen LogP contribution >= 0.6 is 11.6 Å². The first-order valence-electron chi connectivity index (χ1n) is 5.86. The summed E-state index contributed by atoms with van der Waals surface area (Å²) in [5.41, 5.74) is 1.08. The van der Waals surface area contributed by atoms with Crippen LogP contribution in [0.2, 0.25) is 0 Å². The normalized spacial score (nSPS) is 16.9. The van der Waals surface area contributed by atoms with Gasteiger partial charge in [0.2, 0.25) is 0 Å². The van der Waals surface area contributed by atoms with Crippen molar-refractivity contribution < 1.29 is 9.47 Å². The van der Waals surface area contributed by atoms with E-state index in [1.807, 2.05) is 54.6 Å². The maximum absolute atomic E-state index is 6.38. The van der Waals surface area contributed by atoms with Gasteiger partial charge in [-0.25, -0.2) is 0 Å². The standard InChI is InChI=1S/C15H13ClO2/c16-15(10-17-11-15)12-6-8-14(9-7-12)18-13-4-2-1-3-5-13/h1-9H,10-11H2. The molecule has 0 spiro atoms. The zero-order valence-electron chi connectivity index (χ0n) is 9.80. The molecule has 0 bridgehead atoms. The van der Waals surface area contributed by atoms with Gasteiger partial charge in [0.15, 0.2) is 0 Å². The van der Waals surface area contributed by atoms with Crippen LogP contribution in [0.1, 0.15) is 5.56 Å². The van der Waals surface area contributed by atoms with Crippen molar-refractivity contribution in [3.8, 4) is 11.5 Å². The first-order chi connectivity index (χ1) is 8.76. The molecule has 1 aliphatic rings. The number of ether oxygens (including phenoxy) is 2. The Morgan fingerprint density at radius 1 is 0.889 bits per heavy atom. The topological polar surface area (TPSA) is 18.5 Å². The molecule has 1 heterocycles. The summed E-state index contributed by atoms with van der Waals surface area (Å²) in [6.45, 7) is 1.15. The molecule has 2 aromatic carbocycles. The molecule has 0 N–H and O–H groups in total. The maximum atomic E-state index is 6.38. The van der Waals surface area contributed by atoms with Crippen molar-refractivity contribution in [3.05, 3.63) is 60.2 Å². The van der Waals surface area contributed by atoms with E-state index < -0.39 is 0 Å². The number of hydrogen-bond donors (Lipinski definition) is 0. The van der Waals surface area contributed by atoms with E-state index in [1.54, 1.807) is 0 Å². The lowest BCUT2D eigenvalue weighted by Crippen LogP contribution is -2.41. The Balaban J connectivity index is 1.75. The second kappa shape index (κ2) is 4.63. The molecular formula is C15H13ClO2. The van der Waals surface area contributed by atoms with Crippen LogP contribution in [0.5, 0.6) is 11.5 Å². The third-order valence-corrected chi connectivity index (χ3v) is 3.45. The molecular weight excluding hydrogens is 248 g/mol. The highest BCUT2D eigenvalue weighted by Crippen LogP contribution is 2.37. The molecule has 1 fully saturated rings. The fourth-order valence-corrected chi connectivity index (χ4v) is 2.17. The van der Waals surface area contributed by atoms with Gasteiger partial charge in [0.1, 0.15) is 16.4 Å². The number of halogens is 1. The minimum absolute atomic E-state index is 0.342. The fraction of sp³-hybridized carbons (Fsp3) is 0.200. The van der Waals surface area contributed by atoms with Crippen LogP contribution in [0.4, 0.5) is 0 Å². The zero-order valence-corrected chi connectivity index (χ0v) is 10.6. The molecule has 0 radical (unpaired) electrons. The van der Waals surface area contributed by atoms with E-state index in [-0.39, 0.29) is 4.87 Å². The van der Waals surface area contributed by atoms with Crippen molar-refractivity contribution in [2.75, 3.05) is 13.2 Å². The lowest BCUT2D eigenvalue weighted by Gasteiger charge is -2.35. The molecule has 18 heavy (non-hydrogen) atoms. The summed E-state index contributed by atoms with van der Waals surface area (Å²) in [5.74, 6) is 1.64. The van der Waals surface area contributed by atoms with E-state index in [9.17, 15) is 0 Å². The lowest BCUT2D eigenvalue weighted by atomic mass is 9.96. The van der Waals surface area contributed by atoms with Crippen molar-refractivity contribution in [2.24, 2.45) is 0 Å². The summed E-state index contributed by atoms with van der Waals surface area (Å²) >= 11 is 6.38. The van der Waals surface area contributed by atoms with Gasteiger partial charge in [-0.05, 0) is 29.8 Å². The Hall–Kier alpha value is -1.51. The SMILES string of the molecule is ClC1(c2ccc(Oc3ccccc3)cc2)COC1. The monoisotopic (exact) mass is 260 g/mol. The fourth-order valence-electron chi connectivity index (χ4n) is 1.89. The smallest absolute Gasteiger partial charge is 0.127 e. The Morgan fingerprint density at radius 3 is 2.06 bits per heavy atom. The summed E-state index contributed by atoms with van der Waals surface area (Å²) in [5, 5.41) is 0. The van der Waals surface area contributed by atoms with Crippen molar-refractivity contribution >= 4 is 11.6 Å². The van der Waals surface area contributed by atoms with Gasteiger partial charge < -0.3 is 9.47 Å². The molecule has 0 atom stereocenters. The van der Waals surface area contributed by atoms with Gasteiger partial charge in [-0.1, -0.05) is 30.3 Å². The highest BCUT2D eigenvalue weighted by Gasteiger charge is 2.38. The molecule has 92 valence electrons. The van der Waals surface area contributed by atoms with Gasteiger partial charge in [-0.15, -0.1) is 11.6 Å². The molecule has 1 aliphatic heterocycles. The minimum Gasteiger partial charge on any atom is -0.457 e. The average Bonchev–Trinajstić information content (AvgIpc) is 2.38. The predicted molar refractivity (Wildman–Crippen MR) is 71.3 cm³/mol. The van der Waals surface area contributed by atoms with Crippen molar-refractivity contribution in [3.63, 3.8) is 0 Å². The number of rotatable bonds is 3. The second-order valence-corrected chi connectivity index (χ2v) is 5.12. The van der Waals surface area contributed by atoms with Crippen LogP contribution in [0, 0.1) is 0 Å². The predicted octanol–water partition coefficient (Wildman–Crippen LogP) is 3.94. The first kappa shape index (κ1) is 11.6. The van der Waals surface area contributed by atoms with Gasteiger partial charge in [-0.3, -0.25) is 0 Å². The molecule has 2 aromatic rings. The molecule has 1 saturated heterocycles. The van der Waals surface area contributed by atoms with Crippen LogP contribution in [0.25, 0.3) is 0 Å². The third-order valence-electron chi connectivity index (χ3n) is 3.01. The summed E-state index contributed by atoms with van der Waals surface area (Å²) in [7, 11) is 0. The summed E-state index contributed by atoms with van der Waals surface area (Å²) in [6, 6.07) is 17.6. The van der Waals surface area contributed by atoms with Gasteiger partial charge in [0.25, 0.3) is 0 Å². The maximum Gasteiger partial charge on any atom is 0.127 e. The highest BCUT2D eigenvalue weighted by molar-refractivity contribution is 6.24. The number of alkyl halides is 1.